The molecule has 2 nitrogen and oxygen atoms in total. The minimum atomic E-state index is -6.26. The van der Waals surface area contributed by atoms with Crippen molar-refractivity contribution < 1.29 is 44.6 Å². The highest BCUT2D eigenvalue weighted by atomic mass is 19.4. The summed E-state index contributed by atoms with van der Waals surface area (Å²) in [6.07, 6.45) is -11.9. The Kier molecular flexibility index (Phi) is 2.43. The van der Waals surface area contributed by atoms with E-state index in [-0.39, 0.29) is 0 Å². The summed E-state index contributed by atoms with van der Waals surface area (Å²) in [7, 11) is 0. The first-order chi connectivity index (χ1) is 6.47. The second-order valence-corrected chi connectivity index (χ2v) is 2.61. The Morgan fingerprint density at radius 2 is 1.40 bits per heavy atom. The molecule has 0 aromatic heterocycles. The molecule has 1 aliphatic rings. The SMILES string of the molecule is FCC1(F)OC(F)(F)C(F)(C(F)(F)F)O1. The Morgan fingerprint density at radius 3 is 1.60 bits per heavy atom. The molecule has 2 unspecified atom stereocenters. The summed E-state index contributed by atoms with van der Waals surface area (Å²) in [6, 6.07) is -4.45. The van der Waals surface area contributed by atoms with E-state index in [1.165, 1.54) is 0 Å². The molecule has 0 radical (unpaired) electrons. The fraction of sp³-hybridized carbons (Fsp3) is 1.00. The number of alkyl halides is 8. The van der Waals surface area contributed by atoms with Gasteiger partial charge in [-0.15, -0.1) is 0 Å². The van der Waals surface area contributed by atoms with Crippen LogP contribution in [0.15, 0.2) is 0 Å². The van der Waals surface area contributed by atoms with Gasteiger partial charge in [-0.25, -0.2) is 4.39 Å². The van der Waals surface area contributed by atoms with Gasteiger partial charge in [-0.1, -0.05) is 0 Å². The van der Waals surface area contributed by atoms with Crippen molar-refractivity contribution in [1.29, 1.82) is 0 Å². The molecular weight excluding hydrogens is 244 g/mol. The summed E-state index contributed by atoms with van der Waals surface area (Å²) >= 11 is 0. The van der Waals surface area contributed by atoms with Gasteiger partial charge in [0.15, 0.2) is 6.67 Å². The third kappa shape index (κ3) is 1.65. The molecule has 1 fully saturated rings. The monoisotopic (exact) mass is 246 g/mol. The summed E-state index contributed by atoms with van der Waals surface area (Å²) in [5, 5.41) is 0. The van der Waals surface area contributed by atoms with E-state index in [4.69, 9.17) is 0 Å². The second kappa shape index (κ2) is 2.94. The lowest BCUT2D eigenvalue weighted by Crippen LogP contribution is -2.53. The Bertz CT molecular complexity index is 264. The summed E-state index contributed by atoms with van der Waals surface area (Å²) in [5.74, 6) is -5.71. The van der Waals surface area contributed by atoms with Crippen molar-refractivity contribution in [2.45, 2.75) is 24.2 Å². The van der Waals surface area contributed by atoms with Crippen LogP contribution in [0.1, 0.15) is 0 Å². The molecule has 1 rings (SSSR count). The van der Waals surface area contributed by atoms with Crippen molar-refractivity contribution in [2.24, 2.45) is 0 Å². The van der Waals surface area contributed by atoms with Crippen molar-refractivity contribution in [3.05, 3.63) is 0 Å². The third-order valence-corrected chi connectivity index (χ3v) is 1.47. The van der Waals surface area contributed by atoms with E-state index in [1.807, 2.05) is 0 Å². The first-order valence-corrected chi connectivity index (χ1v) is 3.26. The molecule has 1 heterocycles. The van der Waals surface area contributed by atoms with Crippen molar-refractivity contribution in [3.8, 4) is 0 Å². The van der Waals surface area contributed by atoms with Gasteiger partial charge < -0.3 is 0 Å². The quantitative estimate of drug-likeness (QED) is 0.661. The highest BCUT2D eigenvalue weighted by Gasteiger charge is 2.83. The first kappa shape index (κ1) is 12.4. The van der Waals surface area contributed by atoms with Gasteiger partial charge in [0.25, 0.3) is 0 Å². The molecule has 0 aromatic rings. The Morgan fingerprint density at radius 1 is 0.933 bits per heavy atom. The van der Waals surface area contributed by atoms with Crippen molar-refractivity contribution in [3.63, 3.8) is 0 Å². The Labute approximate surface area is 76.7 Å². The normalized spacial score (nSPS) is 40.8. The zero-order chi connectivity index (χ0) is 12.1. The molecule has 15 heavy (non-hydrogen) atoms. The average Bonchev–Trinajstić information content (AvgIpc) is 2.19. The van der Waals surface area contributed by atoms with Gasteiger partial charge in [0.2, 0.25) is 0 Å². The molecule has 2 atom stereocenters. The maximum atomic E-state index is 12.7. The van der Waals surface area contributed by atoms with E-state index in [0.29, 0.717) is 0 Å². The lowest BCUT2D eigenvalue weighted by Gasteiger charge is -2.24. The van der Waals surface area contributed by atoms with E-state index < -0.39 is 30.9 Å². The minimum Gasteiger partial charge on any atom is -0.269 e. The van der Waals surface area contributed by atoms with Crippen LogP contribution >= 0.6 is 0 Å². The van der Waals surface area contributed by atoms with Crippen LogP contribution in [-0.4, -0.2) is 30.9 Å². The molecule has 0 N–H and O–H groups in total. The minimum absolute atomic E-state index is 2.51. The molecule has 90 valence electrons. The smallest absolute Gasteiger partial charge is 0.269 e. The van der Waals surface area contributed by atoms with Gasteiger partial charge in [0.05, 0.1) is 0 Å². The van der Waals surface area contributed by atoms with Crippen molar-refractivity contribution in [1.82, 2.24) is 0 Å². The molecule has 10 heteroatoms. The van der Waals surface area contributed by atoms with Crippen molar-refractivity contribution >= 4 is 0 Å². The standard InChI is InChI=1S/C5H2F8O2/c6-1-2(7)14-3(8,4(9,10)11)5(12,13)15-2/h1H2. The van der Waals surface area contributed by atoms with Crippen LogP contribution in [0.25, 0.3) is 0 Å². The summed E-state index contributed by atoms with van der Waals surface area (Å²) in [5.41, 5.74) is 0. The zero-order valence-corrected chi connectivity index (χ0v) is 6.55. The number of rotatable bonds is 1. The number of hydrogen-bond acceptors (Lipinski definition) is 2. The van der Waals surface area contributed by atoms with E-state index >= 15 is 0 Å². The van der Waals surface area contributed by atoms with Crippen LogP contribution in [0, 0.1) is 0 Å². The van der Waals surface area contributed by atoms with Gasteiger partial charge in [-0.05, 0) is 0 Å². The zero-order valence-electron chi connectivity index (χ0n) is 6.55. The third-order valence-electron chi connectivity index (χ3n) is 1.47. The van der Waals surface area contributed by atoms with Gasteiger partial charge in [-0.2, -0.15) is 30.7 Å². The fourth-order valence-corrected chi connectivity index (χ4v) is 0.825. The van der Waals surface area contributed by atoms with Crippen LogP contribution < -0.4 is 0 Å². The predicted octanol–water partition coefficient (Wildman–Crippen LogP) is 2.45. The molecule has 0 spiro atoms. The first-order valence-electron chi connectivity index (χ1n) is 3.26. The molecule has 0 saturated carbocycles. The number of ether oxygens (including phenoxy) is 2. The molecular formula is C5H2F8O2. The topological polar surface area (TPSA) is 18.5 Å². The number of hydrogen-bond donors (Lipinski definition) is 0. The van der Waals surface area contributed by atoms with E-state index in [2.05, 4.69) is 9.47 Å². The van der Waals surface area contributed by atoms with Crippen LogP contribution in [0.5, 0.6) is 0 Å². The molecule has 0 aliphatic carbocycles. The molecule has 0 bridgehead atoms. The fourth-order valence-electron chi connectivity index (χ4n) is 0.825. The highest BCUT2D eigenvalue weighted by molar-refractivity contribution is 4.93. The maximum Gasteiger partial charge on any atom is 0.458 e. The van der Waals surface area contributed by atoms with Crippen LogP contribution in [0.2, 0.25) is 0 Å². The van der Waals surface area contributed by atoms with Crippen LogP contribution in [0.4, 0.5) is 35.1 Å². The maximum absolute atomic E-state index is 12.7. The number of halogens is 8. The lowest BCUT2D eigenvalue weighted by molar-refractivity contribution is -0.396. The summed E-state index contributed by atoms with van der Waals surface area (Å²) < 4.78 is 102. The Hall–Kier alpha value is -0.640. The van der Waals surface area contributed by atoms with Crippen LogP contribution in [-0.2, 0) is 9.47 Å². The Balaban J connectivity index is 3.12. The highest BCUT2D eigenvalue weighted by Crippen LogP contribution is 2.55. The predicted molar refractivity (Wildman–Crippen MR) is 26.8 cm³/mol. The molecule has 0 aromatic carbocycles. The average molecular weight is 246 g/mol. The molecule has 0 amide bonds. The van der Waals surface area contributed by atoms with E-state index in [1.54, 1.807) is 0 Å². The van der Waals surface area contributed by atoms with Crippen LogP contribution in [0.3, 0.4) is 0 Å². The van der Waals surface area contributed by atoms with Gasteiger partial charge in [-0.3, -0.25) is 9.47 Å². The van der Waals surface area contributed by atoms with Gasteiger partial charge in [0, 0.05) is 0 Å². The van der Waals surface area contributed by atoms with E-state index in [9.17, 15) is 35.1 Å². The largest absolute Gasteiger partial charge is 0.458 e. The summed E-state index contributed by atoms with van der Waals surface area (Å²) in [6.45, 7) is -2.51. The van der Waals surface area contributed by atoms with Gasteiger partial charge in [0.1, 0.15) is 0 Å². The molecule has 1 aliphatic heterocycles. The lowest BCUT2D eigenvalue weighted by atomic mass is 10.3. The summed E-state index contributed by atoms with van der Waals surface area (Å²) in [4.78, 5) is 0. The van der Waals surface area contributed by atoms with Gasteiger partial charge >= 0.3 is 24.2 Å². The van der Waals surface area contributed by atoms with E-state index in [0.717, 1.165) is 0 Å². The van der Waals surface area contributed by atoms with Crippen molar-refractivity contribution in [2.75, 3.05) is 6.67 Å². The second-order valence-electron chi connectivity index (χ2n) is 2.61. The molecule has 1 saturated heterocycles.